The van der Waals surface area contributed by atoms with Gasteiger partial charge in [0.05, 0.1) is 16.6 Å². The maximum atomic E-state index is 12.9. The number of carbonyl (C=O) groups is 2. The maximum absolute atomic E-state index is 12.9. The van der Waals surface area contributed by atoms with E-state index in [9.17, 15) is 19.8 Å². The molecule has 2 heterocycles. The minimum Gasteiger partial charge on any atom is -0.368 e. The number of aliphatic hydroxyl groups is 2. The molecule has 6 rings (SSSR count). The van der Waals surface area contributed by atoms with Crippen molar-refractivity contribution in [3.05, 3.63) is 70.3 Å². The van der Waals surface area contributed by atoms with Crippen LogP contribution in [0.15, 0.2) is 42.5 Å². The minimum atomic E-state index is -1.37. The van der Waals surface area contributed by atoms with E-state index in [0.29, 0.717) is 24.0 Å². The number of aromatic amines is 1. The van der Waals surface area contributed by atoms with E-state index < -0.39 is 6.29 Å². The lowest BCUT2D eigenvalue weighted by Crippen LogP contribution is -2.20. The first-order valence-electron chi connectivity index (χ1n) is 10.5. The fraction of sp³-hybridized carbons (Fsp3) is 0.200. The number of H-pyrrole nitrogens is 1. The maximum Gasteiger partial charge on any atom is 0.259 e. The van der Waals surface area contributed by atoms with Crippen molar-refractivity contribution in [1.82, 2.24) is 10.3 Å². The average molecular weight is 412 g/mol. The zero-order chi connectivity index (χ0) is 21.3. The highest BCUT2D eigenvalue weighted by Gasteiger charge is 2.37. The van der Waals surface area contributed by atoms with Gasteiger partial charge in [-0.15, -0.1) is 0 Å². The van der Waals surface area contributed by atoms with Gasteiger partial charge in [0.15, 0.2) is 6.29 Å². The van der Waals surface area contributed by atoms with Gasteiger partial charge in [0.25, 0.3) is 11.8 Å². The number of imide groups is 1. The Hall–Kier alpha value is -3.48. The molecule has 0 radical (unpaired) electrons. The van der Waals surface area contributed by atoms with E-state index in [1.54, 1.807) is 0 Å². The molecule has 2 amide bonds. The van der Waals surface area contributed by atoms with Crippen LogP contribution < -0.4 is 5.32 Å². The lowest BCUT2D eigenvalue weighted by Gasteiger charge is -2.22. The molecule has 0 saturated carbocycles. The van der Waals surface area contributed by atoms with E-state index in [1.165, 1.54) is 5.56 Å². The van der Waals surface area contributed by atoms with Crippen molar-refractivity contribution < 1.29 is 19.8 Å². The molecule has 0 atom stereocenters. The summed E-state index contributed by atoms with van der Waals surface area (Å²) in [6.07, 6.45) is 0.904. The van der Waals surface area contributed by atoms with Crippen LogP contribution in [0.1, 0.15) is 43.8 Å². The fourth-order valence-electron chi connectivity index (χ4n) is 5.18. The smallest absolute Gasteiger partial charge is 0.259 e. The molecule has 6 nitrogen and oxygen atoms in total. The zero-order valence-corrected chi connectivity index (χ0v) is 16.7. The van der Waals surface area contributed by atoms with Crippen LogP contribution in [0.25, 0.3) is 32.9 Å². The molecular formula is C25H20N2O4. The Labute approximate surface area is 177 Å². The number of amides is 2. The number of aromatic nitrogens is 1. The predicted octanol–water partition coefficient (Wildman–Crippen LogP) is 3.21. The Kier molecular flexibility index (Phi) is 3.84. The van der Waals surface area contributed by atoms with Gasteiger partial charge in [0.1, 0.15) is 0 Å². The average Bonchev–Trinajstić information content (AvgIpc) is 3.28. The highest BCUT2D eigenvalue weighted by molar-refractivity contribution is 6.32. The van der Waals surface area contributed by atoms with Crippen molar-refractivity contribution in [2.24, 2.45) is 0 Å². The molecule has 4 N–H and O–H groups in total. The van der Waals surface area contributed by atoms with Gasteiger partial charge < -0.3 is 15.2 Å². The Morgan fingerprint density at radius 2 is 1.74 bits per heavy atom. The van der Waals surface area contributed by atoms with E-state index >= 15 is 0 Å². The highest BCUT2D eigenvalue weighted by Crippen LogP contribution is 2.45. The Morgan fingerprint density at radius 3 is 2.58 bits per heavy atom. The molecule has 0 unspecified atom stereocenters. The largest absolute Gasteiger partial charge is 0.368 e. The van der Waals surface area contributed by atoms with Gasteiger partial charge in [-0.2, -0.15) is 0 Å². The molecule has 4 aromatic rings. The molecule has 1 aliphatic carbocycles. The standard InChI is InChI=1S/C25H20N2O4/c28-18(29)10-6-12-5-9-17-16(11-12)20-22-21(24(30)27-25(22)31)15-8-7-13-3-1-2-4-14(13)19(15)23(20)26-17/h1-5,9,11,18,26,28-29H,6-8,10H2,(H,27,30,31). The summed E-state index contributed by atoms with van der Waals surface area (Å²) in [7, 11) is 0. The van der Waals surface area contributed by atoms with Crippen molar-refractivity contribution in [2.75, 3.05) is 0 Å². The molecule has 0 spiro atoms. The predicted molar refractivity (Wildman–Crippen MR) is 117 cm³/mol. The number of hydrogen-bond donors (Lipinski definition) is 4. The van der Waals surface area contributed by atoms with Crippen LogP contribution in [0.4, 0.5) is 0 Å². The molecule has 3 aromatic carbocycles. The van der Waals surface area contributed by atoms with Crippen LogP contribution in [0.5, 0.6) is 0 Å². The second kappa shape index (κ2) is 6.51. The third-order valence-corrected chi connectivity index (χ3v) is 6.52. The first-order valence-corrected chi connectivity index (χ1v) is 10.5. The van der Waals surface area contributed by atoms with Gasteiger partial charge in [-0.25, -0.2) is 0 Å². The van der Waals surface area contributed by atoms with Crippen LogP contribution in [-0.2, 0) is 19.3 Å². The van der Waals surface area contributed by atoms with E-state index in [-0.39, 0.29) is 18.2 Å². The second-order valence-electron chi connectivity index (χ2n) is 8.32. The molecular weight excluding hydrogens is 392 g/mol. The third kappa shape index (κ3) is 2.59. The van der Waals surface area contributed by atoms with Crippen molar-refractivity contribution >= 4 is 33.6 Å². The molecule has 1 aromatic heterocycles. The van der Waals surface area contributed by atoms with Crippen LogP contribution >= 0.6 is 0 Å². The Bertz CT molecular complexity index is 1430. The highest BCUT2D eigenvalue weighted by atomic mass is 16.5. The number of aryl methyl sites for hydroxylation is 2. The molecule has 154 valence electrons. The van der Waals surface area contributed by atoms with Gasteiger partial charge in [0.2, 0.25) is 0 Å². The van der Waals surface area contributed by atoms with E-state index in [0.717, 1.165) is 50.5 Å². The molecule has 0 fully saturated rings. The first kappa shape index (κ1) is 18.3. The zero-order valence-electron chi connectivity index (χ0n) is 16.7. The molecule has 0 saturated heterocycles. The van der Waals surface area contributed by atoms with E-state index in [1.807, 2.05) is 30.3 Å². The van der Waals surface area contributed by atoms with Crippen molar-refractivity contribution in [1.29, 1.82) is 0 Å². The summed E-state index contributed by atoms with van der Waals surface area (Å²) in [4.78, 5) is 29.2. The summed E-state index contributed by atoms with van der Waals surface area (Å²) in [6, 6.07) is 14.1. The van der Waals surface area contributed by atoms with Crippen LogP contribution in [0.3, 0.4) is 0 Å². The van der Waals surface area contributed by atoms with Crippen molar-refractivity contribution in [2.45, 2.75) is 32.0 Å². The molecule has 0 bridgehead atoms. The number of hydrogen-bond acceptors (Lipinski definition) is 4. The van der Waals surface area contributed by atoms with Crippen LogP contribution in [0.2, 0.25) is 0 Å². The summed E-state index contributed by atoms with van der Waals surface area (Å²) in [5.74, 6) is -0.685. The minimum absolute atomic E-state index is 0.230. The molecule has 2 aliphatic rings. The monoisotopic (exact) mass is 412 g/mol. The summed E-state index contributed by atoms with van der Waals surface area (Å²) < 4.78 is 0. The molecule has 6 heteroatoms. The fourth-order valence-corrected chi connectivity index (χ4v) is 5.18. The van der Waals surface area contributed by atoms with Crippen molar-refractivity contribution in [3.63, 3.8) is 0 Å². The number of benzene rings is 3. The number of nitrogens with one attached hydrogen (secondary N) is 2. The van der Waals surface area contributed by atoms with Crippen LogP contribution in [0, 0.1) is 0 Å². The normalized spacial score (nSPS) is 14.8. The molecule has 31 heavy (non-hydrogen) atoms. The summed E-state index contributed by atoms with van der Waals surface area (Å²) >= 11 is 0. The SMILES string of the molecule is O=C1NC(=O)c2c1c1c(c3[nH]c4ccc(CCC(O)O)cc4c23)-c2ccccc2CC1. The number of fused-ring (bicyclic) bond motifs is 10. The van der Waals surface area contributed by atoms with Gasteiger partial charge in [-0.05, 0) is 53.6 Å². The number of aliphatic hydroxyl groups excluding tert-OH is 1. The Morgan fingerprint density at radius 1 is 0.935 bits per heavy atom. The number of carbonyl (C=O) groups excluding carboxylic acids is 2. The second-order valence-corrected chi connectivity index (χ2v) is 8.32. The van der Waals surface area contributed by atoms with E-state index in [4.69, 9.17) is 0 Å². The summed E-state index contributed by atoms with van der Waals surface area (Å²) in [6.45, 7) is 0. The van der Waals surface area contributed by atoms with Crippen molar-refractivity contribution in [3.8, 4) is 11.1 Å². The van der Waals surface area contributed by atoms with E-state index in [2.05, 4.69) is 22.4 Å². The molecule has 1 aliphatic heterocycles. The van der Waals surface area contributed by atoms with Gasteiger partial charge in [-0.1, -0.05) is 30.3 Å². The first-order chi connectivity index (χ1) is 15.0. The quantitative estimate of drug-likeness (QED) is 0.306. The lowest BCUT2D eigenvalue weighted by atomic mass is 9.80. The van der Waals surface area contributed by atoms with Gasteiger partial charge in [-0.3, -0.25) is 14.9 Å². The summed E-state index contributed by atoms with van der Waals surface area (Å²) in [5.41, 5.74) is 7.91. The number of rotatable bonds is 3. The van der Waals surface area contributed by atoms with Crippen LogP contribution in [-0.4, -0.2) is 33.3 Å². The summed E-state index contributed by atoms with van der Waals surface area (Å²) in [5, 5.41) is 22.6. The lowest BCUT2D eigenvalue weighted by molar-refractivity contribution is -0.0447. The van der Waals surface area contributed by atoms with Gasteiger partial charge >= 0.3 is 0 Å². The third-order valence-electron chi connectivity index (χ3n) is 6.52. The van der Waals surface area contributed by atoms with Gasteiger partial charge in [0, 0.05) is 28.3 Å². The topological polar surface area (TPSA) is 102 Å². The Balaban J connectivity index is 1.73.